The van der Waals surface area contributed by atoms with Crippen LogP contribution in [-0.4, -0.2) is 36.3 Å². The lowest BCUT2D eigenvalue weighted by molar-refractivity contribution is -0.127. The summed E-state index contributed by atoms with van der Waals surface area (Å²) in [6.07, 6.45) is 0.513. The second-order valence-electron chi connectivity index (χ2n) is 5.72. The smallest absolute Gasteiger partial charge is 0.420 e. The molecule has 1 saturated heterocycles. The van der Waals surface area contributed by atoms with E-state index in [0.29, 0.717) is 11.3 Å². The predicted molar refractivity (Wildman–Crippen MR) is 80.4 cm³/mol. The van der Waals surface area contributed by atoms with Gasteiger partial charge in [0.15, 0.2) is 11.7 Å². The maximum atomic E-state index is 12.0. The van der Waals surface area contributed by atoms with Gasteiger partial charge in [0.25, 0.3) is 5.91 Å². The van der Waals surface area contributed by atoms with Crippen molar-refractivity contribution in [2.24, 2.45) is 0 Å². The first-order valence-electron chi connectivity index (χ1n) is 7.43. The van der Waals surface area contributed by atoms with E-state index >= 15 is 0 Å². The lowest BCUT2D eigenvalue weighted by Gasteiger charge is -2.12. The minimum absolute atomic E-state index is 0.123. The zero-order valence-corrected chi connectivity index (χ0v) is 12.4. The van der Waals surface area contributed by atoms with E-state index in [1.165, 1.54) is 11.9 Å². The van der Waals surface area contributed by atoms with Gasteiger partial charge in [-0.05, 0) is 25.0 Å². The maximum absolute atomic E-state index is 12.0. The molecule has 0 spiro atoms. The van der Waals surface area contributed by atoms with Crippen molar-refractivity contribution in [2.45, 2.75) is 25.0 Å². The van der Waals surface area contributed by atoms with Crippen molar-refractivity contribution in [3.05, 3.63) is 28.7 Å². The van der Waals surface area contributed by atoms with Gasteiger partial charge < -0.3 is 14.5 Å². The van der Waals surface area contributed by atoms with E-state index in [1.54, 1.807) is 22.8 Å². The van der Waals surface area contributed by atoms with Crippen LogP contribution in [0.5, 0.6) is 0 Å². The number of nitrogens with zero attached hydrogens (tertiary/aromatic N) is 2. The standard InChI is InChI=1S/C15H15N3O5/c1-16-13(19)12-7-17(14(20)23-12)9-4-5-10-11(6-9)22-15(21)18(10)8-2-3-8/h4-6,8,12H,2-3,7H2,1H3,(H,16,19)/t12-/m1/s1. The summed E-state index contributed by atoms with van der Waals surface area (Å²) >= 11 is 0. The summed E-state index contributed by atoms with van der Waals surface area (Å²) in [6, 6.07) is 5.32. The van der Waals surface area contributed by atoms with Crippen LogP contribution in [0.1, 0.15) is 18.9 Å². The highest BCUT2D eigenvalue weighted by Crippen LogP contribution is 2.37. The van der Waals surface area contributed by atoms with Crippen LogP contribution in [0.4, 0.5) is 10.5 Å². The van der Waals surface area contributed by atoms with Crippen molar-refractivity contribution in [3.63, 3.8) is 0 Å². The van der Waals surface area contributed by atoms with Crippen LogP contribution in [0.25, 0.3) is 11.1 Å². The van der Waals surface area contributed by atoms with E-state index < -0.39 is 12.2 Å². The summed E-state index contributed by atoms with van der Waals surface area (Å²) in [5, 5.41) is 2.45. The van der Waals surface area contributed by atoms with Gasteiger partial charge in [0, 0.05) is 19.2 Å². The summed E-state index contributed by atoms with van der Waals surface area (Å²) in [4.78, 5) is 36.8. The molecular weight excluding hydrogens is 302 g/mol. The van der Waals surface area contributed by atoms with Gasteiger partial charge in [-0.1, -0.05) is 0 Å². The summed E-state index contributed by atoms with van der Waals surface area (Å²) in [7, 11) is 1.49. The first-order chi connectivity index (χ1) is 11.1. The third-order valence-corrected chi connectivity index (χ3v) is 4.17. The van der Waals surface area contributed by atoms with Crippen LogP contribution in [0, 0.1) is 0 Å². The number of amides is 2. The van der Waals surface area contributed by atoms with Crippen molar-refractivity contribution >= 4 is 28.8 Å². The minimum atomic E-state index is -0.841. The van der Waals surface area contributed by atoms with E-state index in [9.17, 15) is 14.4 Å². The van der Waals surface area contributed by atoms with Crippen molar-refractivity contribution < 1.29 is 18.7 Å². The molecule has 120 valence electrons. The van der Waals surface area contributed by atoms with Crippen molar-refractivity contribution in [2.75, 3.05) is 18.5 Å². The number of rotatable bonds is 3. The molecule has 1 atom stereocenters. The van der Waals surface area contributed by atoms with Gasteiger partial charge in [0.2, 0.25) is 0 Å². The Morgan fingerprint density at radius 3 is 2.78 bits per heavy atom. The molecule has 1 saturated carbocycles. The molecule has 1 aromatic carbocycles. The summed E-state index contributed by atoms with van der Waals surface area (Å²) in [6.45, 7) is 0.123. The number of fused-ring (bicyclic) bond motifs is 1. The molecule has 2 amide bonds. The maximum Gasteiger partial charge on any atom is 0.420 e. The molecule has 2 heterocycles. The second kappa shape index (κ2) is 4.87. The van der Waals surface area contributed by atoms with Gasteiger partial charge in [0.1, 0.15) is 0 Å². The molecule has 8 nitrogen and oxygen atoms in total. The highest BCUT2D eigenvalue weighted by atomic mass is 16.6. The predicted octanol–water partition coefficient (Wildman–Crippen LogP) is 1.00. The average molecular weight is 317 g/mol. The van der Waals surface area contributed by atoms with Crippen LogP contribution < -0.4 is 16.0 Å². The SMILES string of the molecule is CNC(=O)[C@H]1CN(c2ccc3c(c2)oc(=O)n3C2CC2)C(=O)O1. The summed E-state index contributed by atoms with van der Waals surface area (Å²) in [5.41, 5.74) is 1.68. The number of anilines is 1. The quantitative estimate of drug-likeness (QED) is 0.911. The number of ether oxygens (including phenoxy) is 1. The third kappa shape index (κ3) is 2.18. The van der Waals surface area contributed by atoms with Gasteiger partial charge in [-0.15, -0.1) is 0 Å². The molecule has 0 radical (unpaired) electrons. The number of oxazole rings is 1. The summed E-state index contributed by atoms with van der Waals surface area (Å²) in [5.74, 6) is -0.736. The molecule has 1 aliphatic carbocycles. The Labute approximate surface area is 130 Å². The second-order valence-corrected chi connectivity index (χ2v) is 5.72. The lowest BCUT2D eigenvalue weighted by Crippen LogP contribution is -2.35. The van der Waals surface area contributed by atoms with Gasteiger partial charge in [-0.25, -0.2) is 9.59 Å². The molecular formula is C15H15N3O5. The normalized spacial score (nSPS) is 20.8. The number of aromatic nitrogens is 1. The molecule has 2 aromatic rings. The zero-order valence-electron chi connectivity index (χ0n) is 12.4. The van der Waals surface area contributed by atoms with Crippen LogP contribution in [-0.2, 0) is 9.53 Å². The van der Waals surface area contributed by atoms with Crippen molar-refractivity contribution in [1.29, 1.82) is 0 Å². The van der Waals surface area contributed by atoms with Gasteiger partial charge >= 0.3 is 11.8 Å². The molecule has 1 aliphatic heterocycles. The van der Waals surface area contributed by atoms with Crippen molar-refractivity contribution in [1.82, 2.24) is 9.88 Å². The number of hydrogen-bond donors (Lipinski definition) is 1. The average Bonchev–Trinajstić information content (AvgIpc) is 3.21. The molecule has 0 bridgehead atoms. The molecule has 0 unspecified atom stereocenters. The Balaban J connectivity index is 1.68. The first kappa shape index (κ1) is 13.9. The highest BCUT2D eigenvalue weighted by Gasteiger charge is 2.37. The van der Waals surface area contributed by atoms with Crippen LogP contribution >= 0.6 is 0 Å². The number of likely N-dealkylation sites (N-methyl/N-ethyl adjacent to an activating group) is 1. The molecule has 1 aromatic heterocycles. The van der Waals surface area contributed by atoms with Gasteiger partial charge in [0.05, 0.1) is 17.7 Å². The monoisotopic (exact) mass is 317 g/mol. The number of nitrogens with one attached hydrogen (secondary N) is 1. The summed E-state index contributed by atoms with van der Waals surface area (Å²) < 4.78 is 12.0. The molecule has 1 N–H and O–H groups in total. The number of benzene rings is 1. The molecule has 2 fully saturated rings. The Morgan fingerprint density at radius 2 is 2.09 bits per heavy atom. The van der Waals surface area contributed by atoms with Gasteiger partial charge in [-0.3, -0.25) is 14.3 Å². The Bertz CT molecular complexity index is 864. The fourth-order valence-electron chi connectivity index (χ4n) is 2.84. The topological polar surface area (TPSA) is 93.8 Å². The number of carbonyl (C=O) groups is 2. The Morgan fingerprint density at radius 1 is 1.30 bits per heavy atom. The number of hydrogen-bond acceptors (Lipinski definition) is 5. The number of cyclic esters (lactones) is 1. The van der Waals surface area contributed by atoms with Crippen LogP contribution in [0.2, 0.25) is 0 Å². The Kier molecular flexibility index (Phi) is 2.93. The van der Waals surface area contributed by atoms with E-state index in [4.69, 9.17) is 9.15 Å². The van der Waals surface area contributed by atoms with Crippen LogP contribution in [0.15, 0.2) is 27.4 Å². The minimum Gasteiger partial charge on any atom is -0.434 e. The third-order valence-electron chi connectivity index (χ3n) is 4.17. The van der Waals surface area contributed by atoms with Crippen molar-refractivity contribution in [3.8, 4) is 0 Å². The van der Waals surface area contributed by atoms with Gasteiger partial charge in [-0.2, -0.15) is 0 Å². The van der Waals surface area contributed by atoms with E-state index in [0.717, 1.165) is 18.4 Å². The highest BCUT2D eigenvalue weighted by molar-refractivity contribution is 5.96. The first-order valence-corrected chi connectivity index (χ1v) is 7.43. The lowest BCUT2D eigenvalue weighted by atomic mass is 10.2. The molecule has 2 aliphatic rings. The number of carbonyl (C=O) groups excluding carboxylic acids is 2. The fourth-order valence-corrected chi connectivity index (χ4v) is 2.84. The molecule has 8 heteroatoms. The van der Waals surface area contributed by atoms with E-state index in [-0.39, 0.29) is 24.2 Å². The largest absolute Gasteiger partial charge is 0.434 e. The molecule has 4 rings (SSSR count). The molecule has 23 heavy (non-hydrogen) atoms. The Hall–Kier alpha value is -2.77. The zero-order chi connectivity index (χ0) is 16.1. The van der Waals surface area contributed by atoms with E-state index in [1.807, 2.05) is 0 Å². The van der Waals surface area contributed by atoms with E-state index in [2.05, 4.69) is 5.32 Å². The van der Waals surface area contributed by atoms with Crippen LogP contribution in [0.3, 0.4) is 0 Å². The fraction of sp³-hybridized carbons (Fsp3) is 0.400.